The van der Waals surface area contributed by atoms with Crippen molar-refractivity contribution < 1.29 is 14.3 Å². The third kappa shape index (κ3) is 2.65. The van der Waals surface area contributed by atoms with Crippen molar-refractivity contribution >= 4 is 11.9 Å². The van der Waals surface area contributed by atoms with Gasteiger partial charge in [0.1, 0.15) is 6.04 Å². The summed E-state index contributed by atoms with van der Waals surface area (Å²) in [6, 6.07) is 16.2. The number of hydrogen-bond donors (Lipinski definition) is 1. The highest BCUT2D eigenvalue weighted by molar-refractivity contribution is 6.02. The molecule has 4 nitrogen and oxygen atoms in total. The molecule has 0 radical (unpaired) electrons. The summed E-state index contributed by atoms with van der Waals surface area (Å²) in [6.07, 6.45) is -1.39. The normalized spacial score (nSPS) is 20.7. The van der Waals surface area contributed by atoms with E-state index >= 15 is 0 Å². The molecule has 0 unspecified atom stereocenters. The van der Waals surface area contributed by atoms with Gasteiger partial charge in [0, 0.05) is 5.56 Å². The predicted octanol–water partition coefficient (Wildman–Crippen LogP) is 3.03. The molecule has 1 heterocycles. The number of ketones is 1. The Morgan fingerprint density at radius 1 is 1.05 bits per heavy atom. The lowest BCUT2D eigenvalue weighted by Gasteiger charge is -2.16. The van der Waals surface area contributed by atoms with Crippen molar-refractivity contribution in [3.63, 3.8) is 0 Å². The first-order valence-corrected chi connectivity index (χ1v) is 6.78. The largest absolute Gasteiger partial charge is 0.435 e. The van der Waals surface area contributed by atoms with Crippen LogP contribution < -0.4 is 5.32 Å². The van der Waals surface area contributed by atoms with Crippen LogP contribution in [0.15, 0.2) is 54.6 Å². The number of aryl methyl sites for hydroxylation is 1. The molecule has 0 spiro atoms. The Bertz CT molecular complexity index is 664. The summed E-state index contributed by atoms with van der Waals surface area (Å²) < 4.78 is 5.18. The molecule has 0 aliphatic carbocycles. The van der Waals surface area contributed by atoms with E-state index in [0.717, 1.165) is 11.1 Å². The van der Waals surface area contributed by atoms with E-state index in [4.69, 9.17) is 4.74 Å². The van der Waals surface area contributed by atoms with Crippen LogP contribution in [0.2, 0.25) is 0 Å². The van der Waals surface area contributed by atoms with Crippen molar-refractivity contribution in [3.8, 4) is 0 Å². The van der Waals surface area contributed by atoms with Gasteiger partial charge >= 0.3 is 6.09 Å². The van der Waals surface area contributed by atoms with Gasteiger partial charge in [-0.2, -0.15) is 0 Å². The zero-order chi connectivity index (χ0) is 14.8. The maximum Gasteiger partial charge on any atom is 0.408 e. The molecule has 4 heteroatoms. The van der Waals surface area contributed by atoms with E-state index < -0.39 is 18.2 Å². The highest BCUT2D eigenvalue weighted by Crippen LogP contribution is 2.27. The minimum absolute atomic E-state index is 0.192. The summed E-state index contributed by atoms with van der Waals surface area (Å²) in [4.78, 5) is 24.1. The van der Waals surface area contributed by atoms with E-state index in [1.165, 1.54) is 0 Å². The SMILES string of the molecule is Cc1ccc(C(=O)[C@H]2OC(=O)N[C@@H]2c2ccccc2)cc1. The van der Waals surface area contributed by atoms with Crippen molar-refractivity contribution in [2.45, 2.75) is 19.1 Å². The van der Waals surface area contributed by atoms with Crippen LogP contribution in [-0.2, 0) is 4.74 Å². The quantitative estimate of drug-likeness (QED) is 0.880. The van der Waals surface area contributed by atoms with E-state index in [9.17, 15) is 9.59 Å². The first-order chi connectivity index (χ1) is 10.1. The standard InChI is InChI=1S/C17H15NO3/c1-11-7-9-13(10-8-11)15(19)16-14(18-17(20)21-16)12-5-3-2-4-6-12/h2-10,14,16H,1H3,(H,18,20)/t14-,16+/m1/s1. The molecule has 3 rings (SSSR count). The van der Waals surface area contributed by atoms with Crippen LogP contribution in [0.1, 0.15) is 27.5 Å². The molecule has 1 fully saturated rings. The molecule has 1 amide bonds. The molecule has 0 aromatic heterocycles. The lowest BCUT2D eigenvalue weighted by Crippen LogP contribution is -2.29. The molecular weight excluding hydrogens is 266 g/mol. The third-order valence-electron chi connectivity index (χ3n) is 3.56. The van der Waals surface area contributed by atoms with Crippen LogP contribution in [0.25, 0.3) is 0 Å². The van der Waals surface area contributed by atoms with Gasteiger partial charge in [-0.15, -0.1) is 0 Å². The fraction of sp³-hybridized carbons (Fsp3) is 0.176. The fourth-order valence-electron chi connectivity index (χ4n) is 2.43. The summed E-state index contributed by atoms with van der Waals surface area (Å²) in [7, 11) is 0. The lowest BCUT2D eigenvalue weighted by molar-refractivity contribution is 0.0721. The number of carbonyl (C=O) groups excluding carboxylic acids is 2. The molecule has 1 N–H and O–H groups in total. The Hall–Kier alpha value is -2.62. The number of alkyl carbamates (subject to hydrolysis) is 1. The molecular formula is C17H15NO3. The molecule has 1 aliphatic heterocycles. The maximum atomic E-state index is 12.6. The topological polar surface area (TPSA) is 55.4 Å². The molecule has 2 aromatic rings. The van der Waals surface area contributed by atoms with Gasteiger partial charge < -0.3 is 10.1 Å². The Morgan fingerprint density at radius 3 is 2.38 bits per heavy atom. The van der Waals surface area contributed by atoms with Gasteiger partial charge in [0.2, 0.25) is 5.78 Å². The second-order valence-electron chi connectivity index (χ2n) is 5.09. The number of carbonyl (C=O) groups is 2. The number of rotatable bonds is 3. The lowest BCUT2D eigenvalue weighted by atomic mass is 9.95. The average molecular weight is 281 g/mol. The Morgan fingerprint density at radius 2 is 1.71 bits per heavy atom. The van der Waals surface area contributed by atoms with Gasteiger partial charge in [-0.1, -0.05) is 60.2 Å². The molecule has 106 valence electrons. The monoisotopic (exact) mass is 281 g/mol. The zero-order valence-corrected chi connectivity index (χ0v) is 11.6. The van der Waals surface area contributed by atoms with Crippen molar-refractivity contribution in [1.29, 1.82) is 0 Å². The molecule has 1 saturated heterocycles. The molecule has 0 bridgehead atoms. The number of ether oxygens (including phenoxy) is 1. The fourth-order valence-corrected chi connectivity index (χ4v) is 2.43. The van der Waals surface area contributed by atoms with Crippen LogP contribution in [0, 0.1) is 6.92 Å². The first-order valence-electron chi connectivity index (χ1n) is 6.78. The van der Waals surface area contributed by atoms with E-state index in [0.29, 0.717) is 5.56 Å². The van der Waals surface area contributed by atoms with E-state index in [2.05, 4.69) is 5.32 Å². The summed E-state index contributed by atoms with van der Waals surface area (Å²) in [6.45, 7) is 1.96. The first kappa shape index (κ1) is 13.4. The number of amides is 1. The molecule has 2 aromatic carbocycles. The van der Waals surface area contributed by atoms with Crippen LogP contribution in [0.3, 0.4) is 0 Å². The van der Waals surface area contributed by atoms with Crippen molar-refractivity contribution in [2.24, 2.45) is 0 Å². The van der Waals surface area contributed by atoms with Crippen LogP contribution in [0.4, 0.5) is 4.79 Å². The van der Waals surface area contributed by atoms with Crippen LogP contribution in [0.5, 0.6) is 0 Å². The zero-order valence-electron chi connectivity index (χ0n) is 11.6. The van der Waals surface area contributed by atoms with Gasteiger partial charge in [-0.3, -0.25) is 4.79 Å². The average Bonchev–Trinajstić information content (AvgIpc) is 2.90. The van der Waals surface area contributed by atoms with Gasteiger partial charge in [0.05, 0.1) is 0 Å². The Balaban J connectivity index is 1.90. The number of benzene rings is 2. The van der Waals surface area contributed by atoms with Gasteiger partial charge in [-0.05, 0) is 12.5 Å². The number of hydrogen-bond acceptors (Lipinski definition) is 3. The molecule has 0 saturated carbocycles. The van der Waals surface area contributed by atoms with Crippen LogP contribution in [-0.4, -0.2) is 18.0 Å². The maximum absolute atomic E-state index is 12.6. The minimum Gasteiger partial charge on any atom is -0.435 e. The number of Topliss-reactive ketones (excluding diaryl/α,β-unsaturated/α-hetero) is 1. The van der Waals surface area contributed by atoms with Gasteiger partial charge in [0.15, 0.2) is 6.10 Å². The van der Waals surface area contributed by atoms with Gasteiger partial charge in [0.25, 0.3) is 0 Å². The second kappa shape index (κ2) is 5.40. The molecule has 2 atom stereocenters. The highest BCUT2D eigenvalue weighted by Gasteiger charge is 2.40. The predicted molar refractivity (Wildman–Crippen MR) is 78.1 cm³/mol. The van der Waals surface area contributed by atoms with Crippen molar-refractivity contribution in [1.82, 2.24) is 5.32 Å². The molecule has 1 aliphatic rings. The van der Waals surface area contributed by atoms with Crippen molar-refractivity contribution in [2.75, 3.05) is 0 Å². The summed E-state index contributed by atoms with van der Waals surface area (Å²) in [5.74, 6) is -0.192. The Kier molecular flexibility index (Phi) is 3.44. The summed E-state index contributed by atoms with van der Waals surface area (Å²) >= 11 is 0. The third-order valence-corrected chi connectivity index (χ3v) is 3.56. The number of cyclic esters (lactones) is 1. The van der Waals surface area contributed by atoms with Crippen molar-refractivity contribution in [3.05, 3.63) is 71.3 Å². The minimum atomic E-state index is -0.831. The second-order valence-corrected chi connectivity index (χ2v) is 5.09. The number of nitrogens with one attached hydrogen (secondary N) is 1. The van der Waals surface area contributed by atoms with Gasteiger partial charge in [-0.25, -0.2) is 4.79 Å². The molecule has 21 heavy (non-hydrogen) atoms. The Labute approximate surface area is 122 Å². The van der Waals surface area contributed by atoms with E-state index in [-0.39, 0.29) is 5.78 Å². The summed E-state index contributed by atoms with van der Waals surface area (Å²) in [5, 5.41) is 2.70. The highest BCUT2D eigenvalue weighted by atomic mass is 16.6. The smallest absolute Gasteiger partial charge is 0.408 e. The summed E-state index contributed by atoms with van der Waals surface area (Å²) in [5.41, 5.74) is 2.48. The van der Waals surface area contributed by atoms with E-state index in [1.807, 2.05) is 49.4 Å². The van der Waals surface area contributed by atoms with E-state index in [1.54, 1.807) is 12.1 Å². The van der Waals surface area contributed by atoms with Crippen LogP contribution >= 0.6 is 0 Å².